The Morgan fingerprint density at radius 3 is 2.93 bits per heavy atom. The molecule has 0 spiro atoms. The Labute approximate surface area is 158 Å². The number of aryl methyl sites for hydroxylation is 1. The number of nitrogens with one attached hydrogen (secondary N) is 1. The van der Waals surface area contributed by atoms with Crippen molar-refractivity contribution in [2.24, 2.45) is 0 Å². The molecule has 0 aliphatic carbocycles. The lowest BCUT2D eigenvalue weighted by atomic mass is 10.1. The molecule has 0 amide bonds. The van der Waals surface area contributed by atoms with Gasteiger partial charge in [0.05, 0.1) is 30.2 Å². The number of anilines is 2. The number of likely N-dealkylation sites (tertiary alicyclic amines) is 1. The van der Waals surface area contributed by atoms with Gasteiger partial charge in [-0.2, -0.15) is 5.26 Å². The van der Waals surface area contributed by atoms with Crippen LogP contribution in [0.25, 0.3) is 0 Å². The van der Waals surface area contributed by atoms with Crippen molar-refractivity contribution in [2.75, 3.05) is 11.9 Å². The van der Waals surface area contributed by atoms with E-state index in [1.54, 1.807) is 12.3 Å². The average Bonchev–Trinajstić information content (AvgIpc) is 3.32. The maximum absolute atomic E-state index is 8.85. The largest absolute Gasteiger partial charge is 0.465 e. The zero-order chi connectivity index (χ0) is 18.6. The van der Waals surface area contributed by atoms with Gasteiger partial charge in [-0.3, -0.25) is 4.90 Å². The van der Waals surface area contributed by atoms with Crippen molar-refractivity contribution in [3.05, 3.63) is 71.6 Å². The molecule has 4 rings (SSSR count). The minimum atomic E-state index is 0.288. The van der Waals surface area contributed by atoms with Gasteiger partial charge in [0.25, 0.3) is 0 Å². The fraction of sp³-hybridized carbons (Fsp3) is 0.286. The predicted molar refractivity (Wildman–Crippen MR) is 102 cm³/mol. The fourth-order valence-electron chi connectivity index (χ4n) is 3.51. The molecule has 0 saturated carbocycles. The van der Waals surface area contributed by atoms with Crippen LogP contribution in [-0.4, -0.2) is 21.4 Å². The van der Waals surface area contributed by atoms with Crippen molar-refractivity contribution < 1.29 is 4.42 Å². The lowest BCUT2D eigenvalue weighted by molar-refractivity contribution is 0.223. The van der Waals surface area contributed by atoms with Crippen molar-refractivity contribution >= 4 is 11.5 Å². The van der Waals surface area contributed by atoms with Crippen molar-refractivity contribution in [1.82, 2.24) is 14.9 Å². The van der Waals surface area contributed by atoms with Crippen LogP contribution in [0.1, 0.15) is 41.8 Å². The first kappa shape index (κ1) is 17.3. The molecule has 1 N–H and O–H groups in total. The van der Waals surface area contributed by atoms with Gasteiger partial charge in [0, 0.05) is 0 Å². The fourth-order valence-corrected chi connectivity index (χ4v) is 3.51. The lowest BCUT2D eigenvalue weighted by Gasteiger charge is -2.23. The van der Waals surface area contributed by atoms with E-state index in [-0.39, 0.29) is 6.04 Å². The molecule has 6 heteroatoms. The maximum Gasteiger partial charge on any atom is 0.140 e. The van der Waals surface area contributed by atoms with Crippen molar-refractivity contribution in [3.8, 4) is 6.07 Å². The molecule has 1 unspecified atom stereocenters. The normalized spacial score (nSPS) is 17.0. The summed E-state index contributed by atoms with van der Waals surface area (Å²) in [6.45, 7) is 3.82. The van der Waals surface area contributed by atoms with Gasteiger partial charge in [-0.25, -0.2) is 9.97 Å². The van der Waals surface area contributed by atoms with Crippen molar-refractivity contribution in [3.63, 3.8) is 0 Å². The summed E-state index contributed by atoms with van der Waals surface area (Å²) in [6.07, 6.45) is 3.89. The van der Waals surface area contributed by atoms with E-state index in [0.29, 0.717) is 5.69 Å². The van der Waals surface area contributed by atoms with Gasteiger partial charge >= 0.3 is 0 Å². The topological polar surface area (TPSA) is 78.0 Å². The Kier molecular flexibility index (Phi) is 4.86. The molecule has 3 aromatic rings. The predicted octanol–water partition coefficient (Wildman–Crippen LogP) is 4.33. The summed E-state index contributed by atoms with van der Waals surface area (Å²) in [5, 5.41) is 12.1. The highest BCUT2D eigenvalue weighted by Crippen LogP contribution is 2.33. The molecule has 0 bridgehead atoms. The van der Waals surface area contributed by atoms with Crippen molar-refractivity contribution in [2.45, 2.75) is 32.4 Å². The second-order valence-electron chi connectivity index (χ2n) is 6.76. The van der Waals surface area contributed by atoms with E-state index >= 15 is 0 Å². The van der Waals surface area contributed by atoms with Crippen LogP contribution in [0, 0.1) is 18.3 Å². The monoisotopic (exact) mass is 359 g/mol. The molecule has 1 aliphatic rings. The number of aromatic nitrogens is 2. The number of rotatable bonds is 5. The van der Waals surface area contributed by atoms with E-state index in [1.165, 1.54) is 0 Å². The van der Waals surface area contributed by atoms with Crippen LogP contribution in [-0.2, 0) is 6.54 Å². The number of furan rings is 1. The van der Waals surface area contributed by atoms with Gasteiger partial charge in [-0.15, -0.1) is 0 Å². The SMILES string of the molecule is Cc1ccc(CN2CCCC2c2cccc(Nc3ccc(C#N)nc3)n2)o1. The molecular weight excluding hydrogens is 338 g/mol. The Morgan fingerprint density at radius 1 is 1.26 bits per heavy atom. The van der Waals surface area contributed by atoms with Gasteiger partial charge < -0.3 is 9.73 Å². The minimum absolute atomic E-state index is 0.288. The first-order valence-corrected chi connectivity index (χ1v) is 9.11. The van der Waals surface area contributed by atoms with E-state index in [2.05, 4.69) is 21.3 Å². The number of hydrogen-bond acceptors (Lipinski definition) is 6. The quantitative estimate of drug-likeness (QED) is 0.730. The van der Waals surface area contributed by atoms with Crippen molar-refractivity contribution in [1.29, 1.82) is 5.26 Å². The zero-order valence-electron chi connectivity index (χ0n) is 15.2. The molecule has 136 valence electrons. The highest BCUT2D eigenvalue weighted by Gasteiger charge is 2.27. The van der Waals surface area contributed by atoms with Gasteiger partial charge in [0.2, 0.25) is 0 Å². The van der Waals surface area contributed by atoms with Crippen LogP contribution in [0.15, 0.2) is 53.1 Å². The van der Waals surface area contributed by atoms with E-state index in [1.807, 2.05) is 43.3 Å². The molecule has 1 fully saturated rings. The van der Waals surface area contributed by atoms with E-state index in [0.717, 1.165) is 54.7 Å². The lowest BCUT2D eigenvalue weighted by Crippen LogP contribution is -2.23. The standard InChI is InChI=1S/C21H21N5O/c1-15-7-10-18(27-15)14-26-11-3-5-20(26)19-4-2-6-21(25-19)24-17-9-8-16(12-22)23-13-17/h2,4,6-10,13,20H,3,5,11,14H2,1H3,(H,24,25). The summed E-state index contributed by atoms with van der Waals surface area (Å²) in [5.41, 5.74) is 2.27. The van der Waals surface area contributed by atoms with Gasteiger partial charge in [0.1, 0.15) is 29.1 Å². The summed E-state index contributed by atoms with van der Waals surface area (Å²) in [6, 6.07) is 15.9. The van der Waals surface area contributed by atoms with Crippen LogP contribution < -0.4 is 5.32 Å². The molecule has 1 atom stereocenters. The van der Waals surface area contributed by atoms with Gasteiger partial charge in [-0.05, 0) is 62.7 Å². The highest BCUT2D eigenvalue weighted by atomic mass is 16.3. The first-order chi connectivity index (χ1) is 13.2. The molecule has 1 saturated heterocycles. The third-order valence-corrected chi connectivity index (χ3v) is 4.78. The smallest absolute Gasteiger partial charge is 0.140 e. The molecule has 27 heavy (non-hydrogen) atoms. The second-order valence-corrected chi connectivity index (χ2v) is 6.76. The summed E-state index contributed by atoms with van der Waals surface area (Å²) >= 11 is 0. The number of nitrogens with zero attached hydrogens (tertiary/aromatic N) is 4. The van der Waals surface area contributed by atoms with Crippen LogP contribution in [0.2, 0.25) is 0 Å². The van der Waals surface area contributed by atoms with E-state index < -0.39 is 0 Å². The first-order valence-electron chi connectivity index (χ1n) is 9.11. The highest BCUT2D eigenvalue weighted by molar-refractivity contribution is 5.55. The molecule has 3 aromatic heterocycles. The summed E-state index contributed by atoms with van der Waals surface area (Å²) in [7, 11) is 0. The Bertz CT molecular complexity index is 957. The molecule has 6 nitrogen and oxygen atoms in total. The van der Waals surface area contributed by atoms with Crippen LogP contribution in [0.4, 0.5) is 11.5 Å². The maximum atomic E-state index is 8.85. The third kappa shape index (κ3) is 3.99. The molecule has 0 aromatic carbocycles. The molecule has 0 radical (unpaired) electrons. The minimum Gasteiger partial charge on any atom is -0.465 e. The molecule has 1 aliphatic heterocycles. The van der Waals surface area contributed by atoms with Gasteiger partial charge in [-0.1, -0.05) is 6.07 Å². The van der Waals surface area contributed by atoms with E-state index in [4.69, 9.17) is 14.7 Å². The molecule has 4 heterocycles. The third-order valence-electron chi connectivity index (χ3n) is 4.78. The zero-order valence-corrected chi connectivity index (χ0v) is 15.2. The van der Waals surface area contributed by atoms with Crippen LogP contribution >= 0.6 is 0 Å². The average molecular weight is 359 g/mol. The molecular formula is C21H21N5O. The number of pyridine rings is 2. The summed E-state index contributed by atoms with van der Waals surface area (Å²) < 4.78 is 5.75. The second kappa shape index (κ2) is 7.60. The Morgan fingerprint density at radius 2 is 2.19 bits per heavy atom. The van der Waals surface area contributed by atoms with E-state index in [9.17, 15) is 0 Å². The summed E-state index contributed by atoms with van der Waals surface area (Å²) in [4.78, 5) is 11.3. The van der Waals surface area contributed by atoms with Crippen LogP contribution in [0.5, 0.6) is 0 Å². The Balaban J connectivity index is 1.49. The number of nitriles is 1. The number of hydrogen-bond donors (Lipinski definition) is 1. The van der Waals surface area contributed by atoms with Gasteiger partial charge in [0.15, 0.2) is 0 Å². The van der Waals surface area contributed by atoms with Crippen LogP contribution in [0.3, 0.4) is 0 Å². The summed E-state index contributed by atoms with van der Waals surface area (Å²) in [5.74, 6) is 2.72. The Hall–Kier alpha value is -3.17.